The molecule has 6 nitrogen and oxygen atoms in total. The molecule has 2 aromatic carbocycles. The lowest BCUT2D eigenvalue weighted by Gasteiger charge is -2.20. The van der Waals surface area contributed by atoms with Gasteiger partial charge < -0.3 is 14.9 Å². The third-order valence-corrected chi connectivity index (χ3v) is 3.68. The summed E-state index contributed by atoms with van der Waals surface area (Å²) in [5.41, 5.74) is 0.0318. The minimum absolute atomic E-state index is 0.0529. The van der Waals surface area contributed by atoms with Gasteiger partial charge in [0.15, 0.2) is 5.78 Å². The van der Waals surface area contributed by atoms with E-state index in [4.69, 9.17) is 4.74 Å². The molecule has 1 aliphatic carbocycles. The van der Waals surface area contributed by atoms with Gasteiger partial charge in [-0.25, -0.2) is 0 Å². The summed E-state index contributed by atoms with van der Waals surface area (Å²) < 4.78 is 4.81. The van der Waals surface area contributed by atoms with Crippen molar-refractivity contribution in [3.63, 3.8) is 0 Å². The van der Waals surface area contributed by atoms with Crippen LogP contribution in [0.3, 0.4) is 0 Å². The van der Waals surface area contributed by atoms with Gasteiger partial charge in [-0.1, -0.05) is 18.2 Å². The van der Waals surface area contributed by atoms with Gasteiger partial charge in [-0.3, -0.25) is 14.4 Å². The molecule has 23 heavy (non-hydrogen) atoms. The van der Waals surface area contributed by atoms with Crippen molar-refractivity contribution in [2.45, 2.75) is 13.5 Å². The maximum atomic E-state index is 12.6. The Balaban J connectivity index is 2.16. The van der Waals surface area contributed by atoms with Gasteiger partial charge in [-0.15, -0.1) is 0 Å². The summed E-state index contributed by atoms with van der Waals surface area (Å²) in [6.45, 7) is 1.00. The zero-order valence-corrected chi connectivity index (χ0v) is 12.1. The minimum Gasteiger partial charge on any atom is -0.507 e. The van der Waals surface area contributed by atoms with Gasteiger partial charge in [0.1, 0.15) is 18.1 Å². The maximum absolute atomic E-state index is 12.6. The van der Waals surface area contributed by atoms with Crippen LogP contribution in [0.15, 0.2) is 30.3 Å². The lowest BCUT2D eigenvalue weighted by Crippen LogP contribution is -2.21. The van der Waals surface area contributed by atoms with Gasteiger partial charge in [-0.05, 0) is 12.1 Å². The molecule has 0 radical (unpaired) electrons. The van der Waals surface area contributed by atoms with Crippen LogP contribution in [0.1, 0.15) is 44.3 Å². The molecule has 2 N–H and O–H groups in total. The molecule has 0 amide bonds. The Kier molecular flexibility index (Phi) is 3.37. The molecule has 0 saturated heterocycles. The third-order valence-electron chi connectivity index (χ3n) is 3.68. The number of fused-ring (bicyclic) bond motifs is 2. The zero-order valence-electron chi connectivity index (χ0n) is 12.1. The molecule has 3 rings (SSSR count). The molecule has 0 heterocycles. The molecule has 0 aromatic heterocycles. The standard InChI is InChI=1S/C17H12O6/c1-8(18)23-7-9-5-6-11-14(15(9)20)17(22)13-10(16(11)21)3-2-4-12(13)19/h2-6,19-20H,7H2,1H3. The fourth-order valence-electron chi connectivity index (χ4n) is 2.59. The van der Waals surface area contributed by atoms with Crippen molar-refractivity contribution in [2.75, 3.05) is 0 Å². The van der Waals surface area contributed by atoms with E-state index in [-0.39, 0.29) is 40.2 Å². The number of benzene rings is 2. The summed E-state index contributed by atoms with van der Waals surface area (Å²) in [6, 6.07) is 7.05. The summed E-state index contributed by atoms with van der Waals surface area (Å²) in [5.74, 6) is -2.38. The molecular weight excluding hydrogens is 300 g/mol. The van der Waals surface area contributed by atoms with E-state index >= 15 is 0 Å². The predicted octanol–water partition coefficient (Wildman–Crippen LogP) is 1.94. The van der Waals surface area contributed by atoms with Gasteiger partial charge in [0, 0.05) is 23.6 Å². The minimum atomic E-state index is -0.644. The highest BCUT2D eigenvalue weighted by atomic mass is 16.5. The summed E-state index contributed by atoms with van der Waals surface area (Å²) in [5, 5.41) is 20.2. The van der Waals surface area contributed by atoms with E-state index in [1.54, 1.807) is 0 Å². The normalized spacial score (nSPS) is 12.6. The Morgan fingerprint density at radius 3 is 2.39 bits per heavy atom. The molecule has 0 unspecified atom stereocenters. The Bertz CT molecular complexity index is 866. The first-order chi connectivity index (χ1) is 10.9. The number of ketones is 2. The van der Waals surface area contributed by atoms with Crippen LogP contribution < -0.4 is 0 Å². The highest BCUT2D eigenvalue weighted by Crippen LogP contribution is 2.38. The first kappa shape index (κ1) is 14.8. The first-order valence-electron chi connectivity index (χ1n) is 6.81. The topological polar surface area (TPSA) is 101 Å². The van der Waals surface area contributed by atoms with Crippen molar-refractivity contribution < 1.29 is 29.3 Å². The lowest BCUT2D eigenvalue weighted by atomic mass is 9.82. The average molecular weight is 312 g/mol. The highest BCUT2D eigenvalue weighted by molar-refractivity contribution is 6.30. The monoisotopic (exact) mass is 312 g/mol. The fraction of sp³-hybridized carbons (Fsp3) is 0.118. The molecule has 0 fully saturated rings. The number of aromatic hydroxyl groups is 2. The smallest absolute Gasteiger partial charge is 0.302 e. The second-order valence-corrected chi connectivity index (χ2v) is 5.13. The summed E-state index contributed by atoms with van der Waals surface area (Å²) in [6.07, 6.45) is 0. The second kappa shape index (κ2) is 5.24. The molecule has 0 spiro atoms. The third kappa shape index (κ3) is 2.24. The molecule has 2 aromatic rings. The van der Waals surface area contributed by atoms with Crippen LogP contribution in [0.25, 0.3) is 0 Å². The number of hydrogen-bond acceptors (Lipinski definition) is 6. The van der Waals surface area contributed by atoms with Crippen LogP contribution in [0.4, 0.5) is 0 Å². The quantitative estimate of drug-likeness (QED) is 0.701. The molecule has 0 aliphatic heterocycles. The van der Waals surface area contributed by atoms with E-state index in [2.05, 4.69) is 0 Å². The number of phenols is 2. The molecule has 1 aliphatic rings. The van der Waals surface area contributed by atoms with Gasteiger partial charge in [0.2, 0.25) is 5.78 Å². The van der Waals surface area contributed by atoms with Gasteiger partial charge >= 0.3 is 5.97 Å². The Morgan fingerprint density at radius 2 is 1.70 bits per heavy atom. The van der Waals surface area contributed by atoms with E-state index < -0.39 is 23.3 Å². The van der Waals surface area contributed by atoms with Crippen LogP contribution in [0, 0.1) is 0 Å². The van der Waals surface area contributed by atoms with E-state index in [9.17, 15) is 24.6 Å². The average Bonchev–Trinajstić information content (AvgIpc) is 2.51. The summed E-state index contributed by atoms with van der Waals surface area (Å²) >= 11 is 0. The number of rotatable bonds is 2. The maximum Gasteiger partial charge on any atom is 0.302 e. The van der Waals surface area contributed by atoms with E-state index in [1.165, 1.54) is 37.3 Å². The van der Waals surface area contributed by atoms with Crippen molar-refractivity contribution >= 4 is 17.5 Å². The van der Waals surface area contributed by atoms with Crippen molar-refractivity contribution in [1.82, 2.24) is 0 Å². The number of ether oxygens (including phenoxy) is 1. The SMILES string of the molecule is CC(=O)OCc1ccc2c(c1O)C(=O)c1c(O)cccc1C2=O. The van der Waals surface area contributed by atoms with E-state index in [0.29, 0.717) is 0 Å². The molecule has 0 saturated carbocycles. The van der Waals surface area contributed by atoms with E-state index in [1.807, 2.05) is 0 Å². The second-order valence-electron chi connectivity index (χ2n) is 5.13. The Labute approximate surface area is 130 Å². The van der Waals surface area contributed by atoms with Crippen LogP contribution in [-0.2, 0) is 16.1 Å². The van der Waals surface area contributed by atoms with Crippen LogP contribution in [0.2, 0.25) is 0 Å². The lowest BCUT2D eigenvalue weighted by molar-refractivity contribution is -0.142. The zero-order chi connectivity index (χ0) is 16.7. The number of esters is 1. The van der Waals surface area contributed by atoms with Crippen molar-refractivity contribution in [2.24, 2.45) is 0 Å². The van der Waals surface area contributed by atoms with Crippen LogP contribution in [-0.4, -0.2) is 27.7 Å². The van der Waals surface area contributed by atoms with Crippen molar-refractivity contribution in [3.05, 3.63) is 58.1 Å². The largest absolute Gasteiger partial charge is 0.507 e. The Hall–Kier alpha value is -3.15. The fourth-order valence-corrected chi connectivity index (χ4v) is 2.59. The predicted molar refractivity (Wildman–Crippen MR) is 78.5 cm³/mol. The van der Waals surface area contributed by atoms with Gasteiger partial charge in [0.25, 0.3) is 0 Å². The van der Waals surface area contributed by atoms with Crippen LogP contribution in [0.5, 0.6) is 11.5 Å². The van der Waals surface area contributed by atoms with E-state index in [0.717, 1.165) is 0 Å². The first-order valence-corrected chi connectivity index (χ1v) is 6.81. The van der Waals surface area contributed by atoms with Crippen molar-refractivity contribution in [3.8, 4) is 11.5 Å². The molecule has 6 heteroatoms. The number of carbonyl (C=O) groups excluding carboxylic acids is 3. The summed E-state index contributed by atoms with van der Waals surface area (Å²) in [7, 11) is 0. The molecule has 0 bridgehead atoms. The highest BCUT2D eigenvalue weighted by Gasteiger charge is 2.34. The number of phenolic OH excluding ortho intramolecular Hbond substituents is 2. The van der Waals surface area contributed by atoms with Gasteiger partial charge in [-0.2, -0.15) is 0 Å². The Morgan fingerprint density at radius 1 is 1.00 bits per heavy atom. The number of hydrogen-bond donors (Lipinski definition) is 2. The van der Waals surface area contributed by atoms with Gasteiger partial charge in [0.05, 0.1) is 11.1 Å². The van der Waals surface area contributed by atoms with Crippen molar-refractivity contribution in [1.29, 1.82) is 0 Å². The molecule has 116 valence electrons. The summed E-state index contributed by atoms with van der Waals surface area (Å²) in [4.78, 5) is 36.0. The molecule has 0 atom stereocenters. The van der Waals surface area contributed by atoms with Crippen LogP contribution >= 0.6 is 0 Å². The number of carbonyl (C=O) groups is 3. The molecular formula is C17H12O6.